The second-order valence-electron chi connectivity index (χ2n) is 7.32. The predicted octanol–water partition coefficient (Wildman–Crippen LogP) is 5.26. The monoisotopic (exact) mass is 417 g/mol. The molecule has 0 unspecified atom stereocenters. The van der Waals surface area contributed by atoms with E-state index in [4.69, 9.17) is 9.84 Å². The zero-order valence-corrected chi connectivity index (χ0v) is 17.6. The molecule has 0 fully saturated rings. The van der Waals surface area contributed by atoms with Gasteiger partial charge in [0.15, 0.2) is 0 Å². The van der Waals surface area contributed by atoms with Gasteiger partial charge in [0, 0.05) is 6.42 Å². The van der Waals surface area contributed by atoms with Gasteiger partial charge in [0.05, 0.1) is 18.2 Å². The van der Waals surface area contributed by atoms with Crippen LogP contribution in [0.25, 0.3) is 0 Å². The van der Waals surface area contributed by atoms with Crippen LogP contribution in [0.2, 0.25) is 0 Å². The fourth-order valence-corrected chi connectivity index (χ4v) is 3.41. The fraction of sp³-hybridized carbons (Fsp3) is 0.231. The molecule has 3 aromatic rings. The molecule has 3 rings (SSSR count). The number of ether oxygens (including phenoxy) is 1. The molecule has 0 aliphatic heterocycles. The Balaban J connectivity index is 1.92. The number of carbonyl (C=O) groups excluding carboxylic acids is 1. The summed E-state index contributed by atoms with van der Waals surface area (Å²) in [6.45, 7) is 2.54. The molecule has 160 valence electrons. The lowest BCUT2D eigenvalue weighted by Gasteiger charge is -2.20. The normalized spacial score (nSPS) is 10.6. The second-order valence-corrected chi connectivity index (χ2v) is 7.32. The van der Waals surface area contributed by atoms with Crippen LogP contribution in [0.4, 0.5) is 5.69 Å². The standard InChI is InChI=1S/C26H27NO4/c1-2-17-31-23-15-13-19(14-16-24(28)29)18-22(23)27-26(30)25(20-9-5-3-6-10-20)21-11-7-4-8-12-21/h3-13,15,18,25H,2,14,16-17H2,1H3,(H,27,30)(H,28,29). The highest BCUT2D eigenvalue weighted by molar-refractivity contribution is 5.99. The molecule has 31 heavy (non-hydrogen) atoms. The van der Waals surface area contributed by atoms with Crippen molar-refractivity contribution in [2.45, 2.75) is 32.1 Å². The van der Waals surface area contributed by atoms with Gasteiger partial charge < -0.3 is 15.2 Å². The molecule has 5 nitrogen and oxygen atoms in total. The molecular formula is C26H27NO4. The molecule has 0 aliphatic carbocycles. The second kappa shape index (κ2) is 11.0. The number of nitrogens with one attached hydrogen (secondary N) is 1. The average molecular weight is 418 g/mol. The number of hydrogen-bond donors (Lipinski definition) is 2. The molecule has 0 aromatic heterocycles. The van der Waals surface area contributed by atoms with Crippen molar-refractivity contribution in [1.82, 2.24) is 0 Å². The maximum Gasteiger partial charge on any atom is 0.303 e. The van der Waals surface area contributed by atoms with Crippen molar-refractivity contribution in [3.05, 3.63) is 95.6 Å². The third-order valence-corrected chi connectivity index (χ3v) is 4.92. The zero-order chi connectivity index (χ0) is 22.1. The first kappa shape index (κ1) is 22.1. The SMILES string of the molecule is CCCOc1ccc(CCC(=O)O)cc1NC(=O)C(c1ccccc1)c1ccccc1. The highest BCUT2D eigenvalue weighted by atomic mass is 16.5. The molecule has 0 atom stereocenters. The van der Waals surface area contributed by atoms with Crippen LogP contribution >= 0.6 is 0 Å². The number of amides is 1. The van der Waals surface area contributed by atoms with E-state index >= 15 is 0 Å². The van der Waals surface area contributed by atoms with E-state index in [1.165, 1.54) is 0 Å². The van der Waals surface area contributed by atoms with E-state index in [2.05, 4.69) is 5.32 Å². The van der Waals surface area contributed by atoms with Crippen molar-refractivity contribution in [2.24, 2.45) is 0 Å². The first-order valence-electron chi connectivity index (χ1n) is 10.5. The van der Waals surface area contributed by atoms with Crippen molar-refractivity contribution in [3.63, 3.8) is 0 Å². The van der Waals surface area contributed by atoms with Gasteiger partial charge >= 0.3 is 5.97 Å². The number of aryl methyl sites for hydroxylation is 1. The van der Waals surface area contributed by atoms with Crippen LogP contribution in [0, 0.1) is 0 Å². The van der Waals surface area contributed by atoms with Crippen molar-refractivity contribution in [2.75, 3.05) is 11.9 Å². The highest BCUT2D eigenvalue weighted by Crippen LogP contribution is 2.31. The van der Waals surface area contributed by atoms with Crippen molar-refractivity contribution in [3.8, 4) is 5.75 Å². The molecule has 0 aliphatic rings. The molecular weight excluding hydrogens is 390 g/mol. The van der Waals surface area contributed by atoms with Gasteiger partial charge in [-0.05, 0) is 41.7 Å². The number of anilines is 1. The third kappa shape index (κ3) is 6.19. The first-order chi connectivity index (χ1) is 15.1. The quantitative estimate of drug-likeness (QED) is 0.472. The molecule has 0 radical (unpaired) electrons. The minimum atomic E-state index is -0.856. The van der Waals surface area contributed by atoms with E-state index in [-0.39, 0.29) is 12.3 Å². The van der Waals surface area contributed by atoms with E-state index in [9.17, 15) is 9.59 Å². The van der Waals surface area contributed by atoms with E-state index < -0.39 is 11.9 Å². The van der Waals surface area contributed by atoms with Gasteiger partial charge in [0.1, 0.15) is 5.75 Å². The summed E-state index contributed by atoms with van der Waals surface area (Å²) in [5.74, 6) is -0.933. The summed E-state index contributed by atoms with van der Waals surface area (Å²) in [5, 5.41) is 12.0. The molecule has 0 heterocycles. The maximum atomic E-state index is 13.5. The molecule has 0 spiro atoms. The number of benzene rings is 3. The van der Waals surface area contributed by atoms with Crippen molar-refractivity contribution in [1.29, 1.82) is 0 Å². The van der Waals surface area contributed by atoms with Crippen LogP contribution < -0.4 is 10.1 Å². The van der Waals surface area contributed by atoms with Crippen LogP contribution in [0.15, 0.2) is 78.9 Å². The van der Waals surface area contributed by atoms with Crippen LogP contribution in [0.5, 0.6) is 5.75 Å². The van der Waals surface area contributed by atoms with Crippen LogP contribution in [0.1, 0.15) is 42.4 Å². The Morgan fingerprint density at radius 1 is 0.935 bits per heavy atom. The number of carbonyl (C=O) groups is 2. The molecule has 2 N–H and O–H groups in total. The van der Waals surface area contributed by atoms with E-state index in [0.717, 1.165) is 23.1 Å². The maximum absolute atomic E-state index is 13.5. The van der Waals surface area contributed by atoms with Crippen LogP contribution in [-0.4, -0.2) is 23.6 Å². The summed E-state index contributed by atoms with van der Waals surface area (Å²) < 4.78 is 5.83. The van der Waals surface area contributed by atoms with Gasteiger partial charge in [-0.25, -0.2) is 0 Å². The van der Waals surface area contributed by atoms with Gasteiger partial charge in [-0.2, -0.15) is 0 Å². The minimum absolute atomic E-state index is 0.0270. The number of hydrogen-bond acceptors (Lipinski definition) is 3. The topological polar surface area (TPSA) is 75.6 Å². The van der Waals surface area contributed by atoms with E-state index in [1.807, 2.05) is 73.7 Å². The summed E-state index contributed by atoms with van der Waals surface area (Å²) in [5.41, 5.74) is 3.17. The Bertz CT molecular complexity index is 963. The Morgan fingerprint density at radius 3 is 2.10 bits per heavy atom. The number of carboxylic acids is 1. The minimum Gasteiger partial charge on any atom is -0.491 e. The van der Waals surface area contributed by atoms with Gasteiger partial charge in [0.25, 0.3) is 0 Å². The van der Waals surface area contributed by atoms with Crippen LogP contribution in [-0.2, 0) is 16.0 Å². The molecule has 0 bridgehead atoms. The highest BCUT2D eigenvalue weighted by Gasteiger charge is 2.23. The number of rotatable bonds is 10. The lowest BCUT2D eigenvalue weighted by Crippen LogP contribution is -2.22. The van der Waals surface area contributed by atoms with Crippen molar-refractivity contribution < 1.29 is 19.4 Å². The summed E-state index contributed by atoms with van der Waals surface area (Å²) in [4.78, 5) is 24.4. The Hall–Kier alpha value is -3.60. The third-order valence-electron chi connectivity index (χ3n) is 4.92. The fourth-order valence-electron chi connectivity index (χ4n) is 3.41. The van der Waals surface area contributed by atoms with Gasteiger partial charge in [-0.1, -0.05) is 73.7 Å². The molecule has 3 aromatic carbocycles. The summed E-state index contributed by atoms with van der Waals surface area (Å²) >= 11 is 0. The molecule has 0 saturated heterocycles. The van der Waals surface area contributed by atoms with E-state index in [0.29, 0.717) is 24.5 Å². The summed E-state index contributed by atoms with van der Waals surface area (Å²) in [6.07, 6.45) is 1.25. The lowest BCUT2D eigenvalue weighted by atomic mass is 9.90. The predicted molar refractivity (Wildman–Crippen MR) is 122 cm³/mol. The zero-order valence-electron chi connectivity index (χ0n) is 17.6. The average Bonchev–Trinajstić information content (AvgIpc) is 2.78. The summed E-state index contributed by atoms with van der Waals surface area (Å²) in [6, 6.07) is 24.7. The van der Waals surface area contributed by atoms with Crippen LogP contribution in [0.3, 0.4) is 0 Å². The Labute approximate surface area is 182 Å². The van der Waals surface area contributed by atoms with Gasteiger partial charge in [0.2, 0.25) is 5.91 Å². The molecule has 5 heteroatoms. The molecule has 1 amide bonds. The number of aliphatic carboxylic acids is 1. The Morgan fingerprint density at radius 2 is 1.55 bits per heavy atom. The Kier molecular flexibility index (Phi) is 7.82. The van der Waals surface area contributed by atoms with Crippen molar-refractivity contribution >= 4 is 17.6 Å². The smallest absolute Gasteiger partial charge is 0.303 e. The largest absolute Gasteiger partial charge is 0.491 e. The first-order valence-corrected chi connectivity index (χ1v) is 10.5. The van der Waals surface area contributed by atoms with Gasteiger partial charge in [-0.3, -0.25) is 9.59 Å². The number of carboxylic acid groups (broad SMARTS) is 1. The molecule has 0 saturated carbocycles. The van der Waals surface area contributed by atoms with E-state index in [1.54, 1.807) is 12.1 Å². The lowest BCUT2D eigenvalue weighted by molar-refractivity contribution is -0.137. The summed E-state index contributed by atoms with van der Waals surface area (Å²) in [7, 11) is 0. The van der Waals surface area contributed by atoms with Gasteiger partial charge in [-0.15, -0.1) is 0 Å².